The van der Waals surface area contributed by atoms with Gasteiger partial charge in [-0.3, -0.25) is 5.32 Å². The smallest absolute Gasteiger partial charge is 0.411 e. The average molecular weight is 271 g/mol. The lowest BCUT2D eigenvalue weighted by Crippen LogP contribution is -2.13. The molecule has 2 aromatic carbocycles. The minimum Gasteiger partial charge on any atom is -0.444 e. The van der Waals surface area contributed by atoms with Crippen molar-refractivity contribution in [2.24, 2.45) is 0 Å². The highest BCUT2D eigenvalue weighted by Gasteiger charge is 2.03. The van der Waals surface area contributed by atoms with Crippen molar-refractivity contribution >= 4 is 11.8 Å². The van der Waals surface area contributed by atoms with Gasteiger partial charge in [-0.15, -0.1) is 0 Å². The molecule has 0 saturated heterocycles. The van der Waals surface area contributed by atoms with Crippen molar-refractivity contribution in [3.05, 3.63) is 65.7 Å². The van der Waals surface area contributed by atoms with Crippen molar-refractivity contribution in [2.45, 2.75) is 27.4 Å². The third-order valence-electron chi connectivity index (χ3n) is 2.48. The summed E-state index contributed by atoms with van der Waals surface area (Å²) in [4.78, 5) is 11.6. The van der Waals surface area contributed by atoms with Crippen LogP contribution in [0.15, 0.2) is 54.6 Å². The number of hydrogen-bond donors (Lipinski definition) is 1. The maximum Gasteiger partial charge on any atom is 0.411 e. The molecule has 0 radical (unpaired) electrons. The van der Waals surface area contributed by atoms with Crippen molar-refractivity contribution in [3.8, 4) is 0 Å². The number of nitrogens with one attached hydrogen (secondary N) is 1. The van der Waals surface area contributed by atoms with Crippen LogP contribution in [0.3, 0.4) is 0 Å². The first-order valence-electron chi connectivity index (χ1n) is 6.78. The maximum absolute atomic E-state index is 11.6. The van der Waals surface area contributed by atoms with Gasteiger partial charge in [0.05, 0.1) is 0 Å². The molecule has 3 nitrogen and oxygen atoms in total. The largest absolute Gasteiger partial charge is 0.444 e. The molecule has 0 saturated carbocycles. The number of carbonyl (C=O) groups is 1. The number of hydrogen-bond acceptors (Lipinski definition) is 2. The standard InChI is InChI=1S/C15H15NO2.C2H6/c1-12-6-5-9-14(10-12)16-15(17)18-11-13-7-3-2-4-8-13;1-2/h2-10H,11H2,1H3,(H,16,17);1-2H3. The van der Waals surface area contributed by atoms with E-state index in [-0.39, 0.29) is 6.61 Å². The summed E-state index contributed by atoms with van der Waals surface area (Å²) in [6.07, 6.45) is -0.440. The monoisotopic (exact) mass is 271 g/mol. The number of aryl methyl sites for hydroxylation is 1. The quantitative estimate of drug-likeness (QED) is 0.873. The third kappa shape index (κ3) is 5.57. The minimum absolute atomic E-state index is 0.276. The van der Waals surface area contributed by atoms with Crippen molar-refractivity contribution in [1.82, 2.24) is 0 Å². The van der Waals surface area contributed by atoms with Crippen LogP contribution in [0.5, 0.6) is 0 Å². The summed E-state index contributed by atoms with van der Waals surface area (Å²) < 4.78 is 5.12. The Labute approximate surface area is 120 Å². The zero-order valence-electron chi connectivity index (χ0n) is 12.2. The van der Waals surface area contributed by atoms with E-state index in [1.807, 2.05) is 75.4 Å². The molecule has 0 unspecified atom stereocenters. The van der Waals surface area contributed by atoms with E-state index in [1.165, 1.54) is 0 Å². The molecule has 0 heterocycles. The van der Waals surface area contributed by atoms with E-state index < -0.39 is 6.09 Å². The van der Waals surface area contributed by atoms with Crippen molar-refractivity contribution in [3.63, 3.8) is 0 Å². The Morgan fingerprint density at radius 2 is 1.75 bits per heavy atom. The van der Waals surface area contributed by atoms with Crippen molar-refractivity contribution in [2.75, 3.05) is 5.32 Å². The van der Waals surface area contributed by atoms with Crippen molar-refractivity contribution < 1.29 is 9.53 Å². The Morgan fingerprint density at radius 3 is 2.40 bits per heavy atom. The molecule has 20 heavy (non-hydrogen) atoms. The van der Waals surface area contributed by atoms with Gasteiger partial charge in [-0.05, 0) is 30.2 Å². The predicted molar refractivity (Wildman–Crippen MR) is 82.8 cm³/mol. The average Bonchev–Trinajstić information content (AvgIpc) is 2.48. The summed E-state index contributed by atoms with van der Waals surface area (Å²) in [6, 6.07) is 17.2. The van der Waals surface area contributed by atoms with E-state index >= 15 is 0 Å². The third-order valence-corrected chi connectivity index (χ3v) is 2.48. The fourth-order valence-corrected chi connectivity index (χ4v) is 1.60. The molecule has 0 aromatic heterocycles. The van der Waals surface area contributed by atoms with Gasteiger partial charge >= 0.3 is 6.09 Å². The van der Waals surface area contributed by atoms with Gasteiger partial charge in [-0.2, -0.15) is 0 Å². The van der Waals surface area contributed by atoms with Gasteiger partial charge < -0.3 is 4.74 Å². The first-order chi connectivity index (χ1) is 9.74. The molecule has 2 rings (SSSR count). The van der Waals surface area contributed by atoms with E-state index in [1.54, 1.807) is 0 Å². The van der Waals surface area contributed by atoms with Crippen LogP contribution in [0.25, 0.3) is 0 Å². The van der Waals surface area contributed by atoms with Crippen LogP contribution in [0.1, 0.15) is 25.0 Å². The molecule has 106 valence electrons. The summed E-state index contributed by atoms with van der Waals surface area (Å²) in [7, 11) is 0. The number of amides is 1. The number of rotatable bonds is 3. The van der Waals surface area contributed by atoms with Gasteiger partial charge in [-0.25, -0.2) is 4.79 Å². The van der Waals surface area contributed by atoms with Gasteiger partial charge in [-0.1, -0.05) is 56.3 Å². The predicted octanol–water partition coefficient (Wildman–Crippen LogP) is 4.77. The molecule has 0 aliphatic heterocycles. The van der Waals surface area contributed by atoms with Crippen LogP contribution in [0, 0.1) is 6.92 Å². The highest BCUT2D eigenvalue weighted by molar-refractivity contribution is 5.84. The zero-order chi connectivity index (χ0) is 14.8. The summed E-state index contributed by atoms with van der Waals surface area (Å²) >= 11 is 0. The molecule has 0 atom stereocenters. The zero-order valence-corrected chi connectivity index (χ0v) is 12.2. The molecule has 0 spiro atoms. The summed E-state index contributed by atoms with van der Waals surface area (Å²) in [5.41, 5.74) is 2.81. The topological polar surface area (TPSA) is 38.3 Å². The lowest BCUT2D eigenvalue weighted by atomic mass is 10.2. The number of carbonyl (C=O) groups excluding carboxylic acids is 1. The fraction of sp³-hybridized carbons (Fsp3) is 0.235. The van der Waals surface area contributed by atoms with E-state index in [0.717, 1.165) is 16.8 Å². The molecular weight excluding hydrogens is 250 g/mol. The van der Waals surface area contributed by atoms with E-state index in [2.05, 4.69) is 5.32 Å². The van der Waals surface area contributed by atoms with Gasteiger partial charge in [0.25, 0.3) is 0 Å². The number of anilines is 1. The molecule has 0 bridgehead atoms. The number of ether oxygens (including phenoxy) is 1. The lowest BCUT2D eigenvalue weighted by molar-refractivity contribution is 0.155. The molecule has 0 aliphatic rings. The SMILES string of the molecule is CC.Cc1cccc(NC(=O)OCc2ccccc2)c1. The van der Waals surface area contributed by atoms with E-state index in [4.69, 9.17) is 4.74 Å². The van der Waals surface area contributed by atoms with Gasteiger partial charge in [0, 0.05) is 5.69 Å². The highest BCUT2D eigenvalue weighted by atomic mass is 16.5. The van der Waals surface area contributed by atoms with Gasteiger partial charge in [0.1, 0.15) is 6.61 Å². The number of benzene rings is 2. The van der Waals surface area contributed by atoms with Crippen LogP contribution >= 0.6 is 0 Å². The summed E-state index contributed by atoms with van der Waals surface area (Å²) in [5, 5.41) is 2.69. The first kappa shape index (κ1) is 15.8. The molecule has 1 amide bonds. The fourth-order valence-electron chi connectivity index (χ4n) is 1.60. The molecule has 0 fully saturated rings. The van der Waals surface area contributed by atoms with Crippen LogP contribution in [0.4, 0.5) is 10.5 Å². The van der Waals surface area contributed by atoms with Crippen LogP contribution in [0.2, 0.25) is 0 Å². The summed E-state index contributed by atoms with van der Waals surface area (Å²) in [6.45, 7) is 6.25. The molecule has 3 heteroatoms. The van der Waals surface area contributed by atoms with Crippen LogP contribution < -0.4 is 5.32 Å². The normalized spacial score (nSPS) is 9.15. The van der Waals surface area contributed by atoms with Gasteiger partial charge in [0.2, 0.25) is 0 Å². The minimum atomic E-state index is -0.440. The molecular formula is C17H21NO2. The highest BCUT2D eigenvalue weighted by Crippen LogP contribution is 2.10. The van der Waals surface area contributed by atoms with E-state index in [9.17, 15) is 4.79 Å². The molecule has 2 aromatic rings. The van der Waals surface area contributed by atoms with Gasteiger partial charge in [0.15, 0.2) is 0 Å². The second-order valence-corrected chi connectivity index (χ2v) is 4.06. The second-order valence-electron chi connectivity index (χ2n) is 4.06. The maximum atomic E-state index is 11.6. The Bertz CT molecular complexity index is 524. The Balaban J connectivity index is 0.000000956. The molecule has 0 aliphatic carbocycles. The Hall–Kier alpha value is -2.29. The lowest BCUT2D eigenvalue weighted by Gasteiger charge is -2.07. The van der Waals surface area contributed by atoms with E-state index in [0.29, 0.717) is 0 Å². The summed E-state index contributed by atoms with van der Waals surface area (Å²) in [5.74, 6) is 0. The molecule has 1 N–H and O–H groups in total. The van der Waals surface area contributed by atoms with Crippen molar-refractivity contribution in [1.29, 1.82) is 0 Å². The van der Waals surface area contributed by atoms with Crippen LogP contribution in [-0.2, 0) is 11.3 Å². The Morgan fingerprint density at radius 1 is 1.05 bits per heavy atom. The van der Waals surface area contributed by atoms with Crippen LogP contribution in [-0.4, -0.2) is 6.09 Å². The first-order valence-corrected chi connectivity index (χ1v) is 6.78. The second kappa shape index (κ2) is 8.75. The Kier molecular flexibility index (Phi) is 6.90.